The number of benzene rings is 1. The molecule has 0 fully saturated rings. The third-order valence-electron chi connectivity index (χ3n) is 3.66. The SMILES string of the molecule is O=c1c2cc(Cl)ccc2ncn1CCCCCn1ccnc1. The van der Waals surface area contributed by atoms with E-state index in [4.69, 9.17) is 11.6 Å². The standard InChI is InChI=1S/C16H17ClN4O/c17-13-4-5-15-14(10-13)16(22)21(12-19-15)8-3-1-2-7-20-9-6-18-11-20/h4-6,9-12H,1-3,7-8H2. The van der Waals surface area contributed by atoms with Gasteiger partial charge in [0.25, 0.3) is 5.56 Å². The van der Waals surface area contributed by atoms with Crippen molar-refractivity contribution in [2.45, 2.75) is 32.4 Å². The smallest absolute Gasteiger partial charge is 0.261 e. The first-order valence-corrected chi connectivity index (χ1v) is 7.72. The highest BCUT2D eigenvalue weighted by Crippen LogP contribution is 2.14. The summed E-state index contributed by atoms with van der Waals surface area (Å²) in [5, 5.41) is 1.14. The third-order valence-corrected chi connectivity index (χ3v) is 3.90. The fourth-order valence-corrected chi connectivity index (χ4v) is 2.63. The zero-order valence-electron chi connectivity index (χ0n) is 12.2. The van der Waals surface area contributed by atoms with Crippen molar-refractivity contribution < 1.29 is 0 Å². The van der Waals surface area contributed by atoms with E-state index in [1.165, 1.54) is 0 Å². The lowest BCUT2D eigenvalue weighted by atomic mass is 10.2. The molecule has 0 saturated heterocycles. The van der Waals surface area contributed by atoms with Gasteiger partial charge in [0, 0.05) is 30.5 Å². The quantitative estimate of drug-likeness (QED) is 0.657. The van der Waals surface area contributed by atoms with E-state index in [9.17, 15) is 4.79 Å². The van der Waals surface area contributed by atoms with E-state index in [-0.39, 0.29) is 5.56 Å². The summed E-state index contributed by atoms with van der Waals surface area (Å²) in [5.41, 5.74) is 0.660. The van der Waals surface area contributed by atoms with E-state index < -0.39 is 0 Å². The Morgan fingerprint density at radius 2 is 1.95 bits per heavy atom. The first-order chi connectivity index (χ1) is 10.7. The number of aromatic nitrogens is 4. The topological polar surface area (TPSA) is 52.7 Å². The number of aryl methyl sites for hydroxylation is 2. The third kappa shape index (κ3) is 3.36. The predicted molar refractivity (Wildman–Crippen MR) is 87.1 cm³/mol. The zero-order chi connectivity index (χ0) is 15.4. The summed E-state index contributed by atoms with van der Waals surface area (Å²) in [7, 11) is 0. The Morgan fingerprint density at radius 3 is 2.77 bits per heavy atom. The summed E-state index contributed by atoms with van der Waals surface area (Å²) in [6.45, 7) is 1.64. The molecule has 0 bridgehead atoms. The van der Waals surface area contributed by atoms with Crippen LogP contribution in [0, 0.1) is 0 Å². The highest BCUT2D eigenvalue weighted by molar-refractivity contribution is 6.31. The van der Waals surface area contributed by atoms with Crippen LogP contribution in [0.15, 0.2) is 48.0 Å². The fourth-order valence-electron chi connectivity index (χ4n) is 2.46. The minimum Gasteiger partial charge on any atom is -0.337 e. The van der Waals surface area contributed by atoms with E-state index in [0.717, 1.165) is 25.8 Å². The van der Waals surface area contributed by atoms with Crippen LogP contribution in [0.1, 0.15) is 19.3 Å². The van der Waals surface area contributed by atoms with Gasteiger partial charge in [-0.05, 0) is 37.5 Å². The summed E-state index contributed by atoms with van der Waals surface area (Å²) in [4.78, 5) is 20.7. The van der Waals surface area contributed by atoms with Crippen LogP contribution in [-0.4, -0.2) is 19.1 Å². The van der Waals surface area contributed by atoms with Gasteiger partial charge in [-0.3, -0.25) is 9.36 Å². The minimum atomic E-state index is -0.0258. The van der Waals surface area contributed by atoms with E-state index in [1.807, 2.05) is 12.5 Å². The van der Waals surface area contributed by atoms with Crippen LogP contribution in [0.5, 0.6) is 0 Å². The molecule has 0 aliphatic rings. The number of halogens is 1. The van der Waals surface area contributed by atoms with Gasteiger partial charge in [-0.15, -0.1) is 0 Å². The molecule has 0 spiro atoms. The Morgan fingerprint density at radius 1 is 1.09 bits per heavy atom. The van der Waals surface area contributed by atoms with Crippen LogP contribution in [0.2, 0.25) is 5.02 Å². The highest BCUT2D eigenvalue weighted by atomic mass is 35.5. The molecule has 0 aliphatic heterocycles. The molecule has 0 saturated carbocycles. The van der Waals surface area contributed by atoms with Crippen molar-refractivity contribution in [3.05, 3.63) is 58.6 Å². The van der Waals surface area contributed by atoms with Gasteiger partial charge in [0.05, 0.1) is 23.6 Å². The van der Waals surface area contributed by atoms with E-state index in [2.05, 4.69) is 14.5 Å². The molecule has 6 heteroatoms. The number of unbranched alkanes of at least 4 members (excludes halogenated alkanes) is 2. The Kier molecular flexibility index (Phi) is 4.53. The maximum Gasteiger partial charge on any atom is 0.261 e. The van der Waals surface area contributed by atoms with Crippen molar-refractivity contribution in [1.29, 1.82) is 0 Å². The second-order valence-corrected chi connectivity index (χ2v) is 5.70. The van der Waals surface area contributed by atoms with Gasteiger partial charge in [0.15, 0.2) is 0 Å². The van der Waals surface area contributed by atoms with Crippen LogP contribution in [0.3, 0.4) is 0 Å². The first kappa shape index (κ1) is 14.8. The first-order valence-electron chi connectivity index (χ1n) is 7.34. The van der Waals surface area contributed by atoms with Gasteiger partial charge < -0.3 is 4.57 Å². The number of fused-ring (bicyclic) bond motifs is 1. The maximum atomic E-state index is 12.4. The van der Waals surface area contributed by atoms with Gasteiger partial charge >= 0.3 is 0 Å². The van der Waals surface area contributed by atoms with Crippen LogP contribution >= 0.6 is 11.6 Å². The Labute approximate surface area is 133 Å². The van der Waals surface area contributed by atoms with Gasteiger partial charge in [-0.1, -0.05) is 11.6 Å². The largest absolute Gasteiger partial charge is 0.337 e. The number of imidazole rings is 1. The van der Waals surface area contributed by atoms with Gasteiger partial charge in [-0.25, -0.2) is 9.97 Å². The van der Waals surface area contributed by atoms with E-state index in [0.29, 0.717) is 22.5 Å². The molecule has 0 radical (unpaired) electrons. The van der Waals surface area contributed by atoms with Crippen LogP contribution in [0.4, 0.5) is 0 Å². The Balaban J connectivity index is 1.59. The number of hydrogen-bond acceptors (Lipinski definition) is 3. The molecular formula is C16H17ClN4O. The number of hydrogen-bond donors (Lipinski definition) is 0. The lowest BCUT2D eigenvalue weighted by molar-refractivity contribution is 0.536. The molecule has 1 aromatic carbocycles. The van der Waals surface area contributed by atoms with Gasteiger partial charge in [-0.2, -0.15) is 0 Å². The summed E-state index contributed by atoms with van der Waals surface area (Å²) >= 11 is 5.95. The van der Waals surface area contributed by atoms with E-state index in [1.54, 1.807) is 35.3 Å². The van der Waals surface area contributed by atoms with Crippen LogP contribution in [-0.2, 0) is 13.1 Å². The molecule has 0 atom stereocenters. The lowest BCUT2D eigenvalue weighted by Crippen LogP contribution is -2.20. The number of rotatable bonds is 6. The summed E-state index contributed by atoms with van der Waals surface area (Å²) in [5.74, 6) is 0. The van der Waals surface area contributed by atoms with Crippen LogP contribution in [0.25, 0.3) is 10.9 Å². The van der Waals surface area contributed by atoms with Crippen molar-refractivity contribution in [2.75, 3.05) is 0 Å². The normalized spacial score (nSPS) is 11.1. The Hall–Kier alpha value is -2.14. The van der Waals surface area contributed by atoms with Crippen molar-refractivity contribution in [3.63, 3.8) is 0 Å². The molecule has 5 nitrogen and oxygen atoms in total. The second-order valence-electron chi connectivity index (χ2n) is 5.27. The van der Waals surface area contributed by atoms with E-state index >= 15 is 0 Å². The molecule has 2 heterocycles. The van der Waals surface area contributed by atoms with Crippen molar-refractivity contribution in [1.82, 2.24) is 19.1 Å². The minimum absolute atomic E-state index is 0.0258. The Bertz CT molecular complexity index is 811. The average molecular weight is 317 g/mol. The molecule has 0 aliphatic carbocycles. The van der Waals surface area contributed by atoms with Gasteiger partial charge in [0.2, 0.25) is 0 Å². The highest BCUT2D eigenvalue weighted by Gasteiger charge is 2.04. The molecule has 0 amide bonds. The van der Waals surface area contributed by atoms with Crippen molar-refractivity contribution >= 4 is 22.5 Å². The molecule has 3 rings (SSSR count). The molecule has 2 aromatic heterocycles. The molecule has 0 N–H and O–H groups in total. The zero-order valence-corrected chi connectivity index (χ0v) is 12.9. The molecular weight excluding hydrogens is 300 g/mol. The number of nitrogens with zero attached hydrogens (tertiary/aromatic N) is 4. The molecule has 0 unspecified atom stereocenters. The van der Waals surface area contributed by atoms with Gasteiger partial charge in [0.1, 0.15) is 0 Å². The fraction of sp³-hybridized carbons (Fsp3) is 0.312. The monoisotopic (exact) mass is 316 g/mol. The summed E-state index contributed by atoms with van der Waals surface area (Å²) in [6, 6.07) is 5.20. The second kappa shape index (κ2) is 6.75. The van der Waals surface area contributed by atoms with Crippen molar-refractivity contribution in [3.8, 4) is 0 Å². The molecule has 114 valence electrons. The average Bonchev–Trinajstić information content (AvgIpc) is 3.03. The summed E-state index contributed by atoms with van der Waals surface area (Å²) < 4.78 is 3.72. The van der Waals surface area contributed by atoms with Crippen LogP contribution < -0.4 is 5.56 Å². The molecule has 22 heavy (non-hydrogen) atoms. The lowest BCUT2D eigenvalue weighted by Gasteiger charge is -2.07. The summed E-state index contributed by atoms with van der Waals surface area (Å²) in [6.07, 6.45) is 10.3. The molecule has 3 aromatic rings. The maximum absolute atomic E-state index is 12.4. The predicted octanol–water partition coefficient (Wildman–Crippen LogP) is 3.12. The van der Waals surface area contributed by atoms with Crippen molar-refractivity contribution in [2.24, 2.45) is 0 Å².